The van der Waals surface area contributed by atoms with Crippen LogP contribution in [0.2, 0.25) is 5.02 Å². The molecule has 1 aromatic heterocycles. The van der Waals surface area contributed by atoms with E-state index in [-0.39, 0.29) is 0 Å². The number of rotatable bonds is 6. The first-order valence-electron chi connectivity index (χ1n) is 6.27. The molecule has 20 heavy (non-hydrogen) atoms. The van der Waals surface area contributed by atoms with Gasteiger partial charge in [-0.15, -0.1) is 0 Å². The molecule has 0 spiro atoms. The maximum Gasteiger partial charge on any atom is 0.161 e. The lowest BCUT2D eigenvalue weighted by atomic mass is 10.2. The van der Waals surface area contributed by atoms with Gasteiger partial charge < -0.3 is 14.8 Å². The molecule has 0 aliphatic heterocycles. The maximum absolute atomic E-state index is 6.05. The van der Waals surface area contributed by atoms with Gasteiger partial charge in [0.2, 0.25) is 0 Å². The zero-order valence-electron chi connectivity index (χ0n) is 11.5. The van der Waals surface area contributed by atoms with Crippen LogP contribution in [-0.2, 0) is 13.2 Å². The summed E-state index contributed by atoms with van der Waals surface area (Å²) in [6, 6.07) is 7.70. The molecule has 5 heteroatoms. The van der Waals surface area contributed by atoms with Gasteiger partial charge in [-0.25, -0.2) is 0 Å². The second-order valence-electron chi connectivity index (χ2n) is 4.27. The molecule has 1 N–H and O–H groups in total. The van der Waals surface area contributed by atoms with Crippen LogP contribution < -0.4 is 14.8 Å². The molecule has 0 saturated heterocycles. The van der Waals surface area contributed by atoms with Crippen LogP contribution in [0.25, 0.3) is 0 Å². The number of methoxy groups -OCH3 is 1. The standard InChI is InChI=1S/C15H17ClN2O2/c1-17-8-11-3-4-14(15(7-11)19-2)20-10-12-5-6-18-9-13(12)16/h3-7,9,17H,8,10H2,1-2H3. The van der Waals surface area contributed by atoms with Crippen molar-refractivity contribution in [1.29, 1.82) is 0 Å². The molecular weight excluding hydrogens is 276 g/mol. The second kappa shape index (κ2) is 7.12. The average molecular weight is 293 g/mol. The molecule has 2 aromatic rings. The van der Waals surface area contributed by atoms with Gasteiger partial charge in [0.15, 0.2) is 11.5 Å². The Hall–Kier alpha value is -1.78. The van der Waals surface area contributed by atoms with Crippen molar-refractivity contribution in [2.24, 2.45) is 0 Å². The van der Waals surface area contributed by atoms with Gasteiger partial charge in [0.1, 0.15) is 6.61 Å². The molecule has 0 bridgehead atoms. The lowest BCUT2D eigenvalue weighted by molar-refractivity contribution is 0.284. The summed E-state index contributed by atoms with van der Waals surface area (Å²) in [5, 5.41) is 3.69. The highest BCUT2D eigenvalue weighted by atomic mass is 35.5. The first-order chi connectivity index (χ1) is 9.74. The molecule has 0 aliphatic carbocycles. The fraction of sp³-hybridized carbons (Fsp3) is 0.267. The summed E-state index contributed by atoms with van der Waals surface area (Å²) < 4.78 is 11.1. The normalized spacial score (nSPS) is 10.3. The van der Waals surface area contributed by atoms with Gasteiger partial charge in [-0.2, -0.15) is 0 Å². The van der Waals surface area contributed by atoms with Crippen LogP contribution in [0.5, 0.6) is 11.5 Å². The third kappa shape index (κ3) is 3.62. The third-order valence-corrected chi connectivity index (χ3v) is 3.19. The van der Waals surface area contributed by atoms with E-state index in [2.05, 4.69) is 10.3 Å². The molecule has 1 aromatic carbocycles. The molecule has 2 rings (SSSR count). The Morgan fingerprint density at radius 3 is 2.80 bits per heavy atom. The van der Waals surface area contributed by atoms with Gasteiger partial charge in [-0.3, -0.25) is 4.98 Å². The molecule has 0 radical (unpaired) electrons. The van der Waals surface area contributed by atoms with Crippen LogP contribution in [0.15, 0.2) is 36.7 Å². The van der Waals surface area contributed by atoms with Gasteiger partial charge in [0.25, 0.3) is 0 Å². The molecule has 0 amide bonds. The summed E-state index contributed by atoms with van der Waals surface area (Å²) in [5.41, 5.74) is 2.03. The lowest BCUT2D eigenvalue weighted by Gasteiger charge is -2.12. The van der Waals surface area contributed by atoms with E-state index in [1.165, 1.54) is 0 Å². The van der Waals surface area contributed by atoms with Gasteiger partial charge in [0.05, 0.1) is 12.1 Å². The van der Waals surface area contributed by atoms with Crippen molar-refractivity contribution >= 4 is 11.6 Å². The second-order valence-corrected chi connectivity index (χ2v) is 4.68. The van der Waals surface area contributed by atoms with Gasteiger partial charge in [-0.05, 0) is 30.8 Å². The molecular formula is C15H17ClN2O2. The molecule has 0 aliphatic rings. The average Bonchev–Trinajstić information content (AvgIpc) is 2.47. The van der Waals surface area contributed by atoms with Crippen molar-refractivity contribution in [2.45, 2.75) is 13.2 Å². The Morgan fingerprint density at radius 2 is 2.10 bits per heavy atom. The number of ether oxygens (including phenoxy) is 2. The summed E-state index contributed by atoms with van der Waals surface area (Å²) in [6.45, 7) is 1.16. The summed E-state index contributed by atoms with van der Waals surface area (Å²) in [4.78, 5) is 3.95. The smallest absolute Gasteiger partial charge is 0.161 e. The number of pyridine rings is 1. The van der Waals surface area contributed by atoms with Crippen molar-refractivity contribution in [3.05, 3.63) is 52.8 Å². The Morgan fingerprint density at radius 1 is 1.25 bits per heavy atom. The highest BCUT2D eigenvalue weighted by molar-refractivity contribution is 6.31. The van der Waals surface area contributed by atoms with E-state index in [0.29, 0.717) is 23.1 Å². The van der Waals surface area contributed by atoms with E-state index in [1.807, 2.05) is 31.3 Å². The molecule has 0 unspecified atom stereocenters. The molecule has 0 saturated carbocycles. The number of hydrogen-bond acceptors (Lipinski definition) is 4. The first kappa shape index (κ1) is 14.6. The van der Waals surface area contributed by atoms with Crippen LogP contribution in [0.1, 0.15) is 11.1 Å². The van der Waals surface area contributed by atoms with Crippen LogP contribution >= 0.6 is 11.6 Å². The highest BCUT2D eigenvalue weighted by Gasteiger charge is 2.07. The molecule has 1 heterocycles. The van der Waals surface area contributed by atoms with Crippen LogP contribution in [0.3, 0.4) is 0 Å². The van der Waals surface area contributed by atoms with Gasteiger partial charge >= 0.3 is 0 Å². The summed E-state index contributed by atoms with van der Waals surface area (Å²) in [5.74, 6) is 1.41. The third-order valence-electron chi connectivity index (χ3n) is 2.85. The van der Waals surface area contributed by atoms with E-state index >= 15 is 0 Å². The minimum atomic E-state index is 0.378. The first-order valence-corrected chi connectivity index (χ1v) is 6.65. The van der Waals surface area contributed by atoms with E-state index < -0.39 is 0 Å². The number of benzene rings is 1. The Balaban J connectivity index is 2.11. The minimum absolute atomic E-state index is 0.378. The van der Waals surface area contributed by atoms with Crippen molar-refractivity contribution in [3.63, 3.8) is 0 Å². The van der Waals surface area contributed by atoms with Crippen molar-refractivity contribution in [2.75, 3.05) is 14.2 Å². The maximum atomic E-state index is 6.05. The van der Waals surface area contributed by atoms with E-state index in [1.54, 1.807) is 19.5 Å². The predicted octanol–water partition coefficient (Wildman–Crippen LogP) is 3.04. The van der Waals surface area contributed by atoms with Crippen molar-refractivity contribution < 1.29 is 9.47 Å². The number of halogens is 1. The van der Waals surface area contributed by atoms with E-state index in [9.17, 15) is 0 Å². The minimum Gasteiger partial charge on any atom is -0.493 e. The van der Waals surface area contributed by atoms with Crippen molar-refractivity contribution in [3.8, 4) is 11.5 Å². The number of aromatic nitrogens is 1. The van der Waals surface area contributed by atoms with Crippen LogP contribution in [-0.4, -0.2) is 19.1 Å². The molecule has 0 atom stereocenters. The lowest BCUT2D eigenvalue weighted by Crippen LogP contribution is -2.05. The summed E-state index contributed by atoms with van der Waals surface area (Å²) in [7, 11) is 3.53. The molecule has 106 valence electrons. The molecule has 4 nitrogen and oxygen atoms in total. The Kier molecular flexibility index (Phi) is 5.21. The Labute approximate surface area is 123 Å². The largest absolute Gasteiger partial charge is 0.493 e. The van der Waals surface area contributed by atoms with Gasteiger partial charge in [-0.1, -0.05) is 17.7 Å². The number of nitrogens with zero attached hydrogens (tertiary/aromatic N) is 1. The Bertz CT molecular complexity index is 576. The van der Waals surface area contributed by atoms with Gasteiger partial charge in [0, 0.05) is 24.5 Å². The fourth-order valence-electron chi connectivity index (χ4n) is 1.82. The number of hydrogen-bond donors (Lipinski definition) is 1. The monoisotopic (exact) mass is 292 g/mol. The topological polar surface area (TPSA) is 43.4 Å². The molecule has 0 fully saturated rings. The highest BCUT2D eigenvalue weighted by Crippen LogP contribution is 2.29. The summed E-state index contributed by atoms with van der Waals surface area (Å²) >= 11 is 6.05. The predicted molar refractivity (Wildman–Crippen MR) is 79.3 cm³/mol. The van der Waals surface area contributed by atoms with Crippen LogP contribution in [0, 0.1) is 0 Å². The zero-order valence-corrected chi connectivity index (χ0v) is 12.3. The number of nitrogens with one attached hydrogen (secondary N) is 1. The van der Waals surface area contributed by atoms with E-state index in [4.69, 9.17) is 21.1 Å². The zero-order chi connectivity index (χ0) is 14.4. The SMILES string of the molecule is CNCc1ccc(OCc2ccncc2Cl)c(OC)c1. The van der Waals surface area contributed by atoms with Crippen molar-refractivity contribution in [1.82, 2.24) is 10.3 Å². The quantitative estimate of drug-likeness (QED) is 0.889. The van der Waals surface area contributed by atoms with E-state index in [0.717, 1.165) is 17.7 Å². The summed E-state index contributed by atoms with van der Waals surface area (Å²) in [6.07, 6.45) is 3.30. The fourth-order valence-corrected chi connectivity index (χ4v) is 2.00. The van der Waals surface area contributed by atoms with Crippen LogP contribution in [0.4, 0.5) is 0 Å².